The largest absolute Gasteiger partial charge is 0.389 e. The van der Waals surface area contributed by atoms with Crippen LogP contribution >= 0.6 is 0 Å². The van der Waals surface area contributed by atoms with Gasteiger partial charge in [-0.25, -0.2) is 0 Å². The summed E-state index contributed by atoms with van der Waals surface area (Å²) in [6.07, 6.45) is 1.82. The SMILES string of the molecule is Cc1ccc(N(C)CC(O)Cn2cc([N+](=O)[O-])cn2)cc1. The number of likely N-dealkylation sites (N-methyl/N-ethyl adjacent to an activating group) is 1. The summed E-state index contributed by atoms with van der Waals surface area (Å²) in [6, 6.07) is 7.99. The Bertz CT molecular complexity index is 609. The van der Waals surface area contributed by atoms with E-state index in [0.717, 1.165) is 5.69 Å². The van der Waals surface area contributed by atoms with Gasteiger partial charge in [0.05, 0.1) is 17.6 Å². The third kappa shape index (κ3) is 4.03. The van der Waals surface area contributed by atoms with Gasteiger partial charge in [-0.3, -0.25) is 14.8 Å². The second-order valence-electron chi connectivity index (χ2n) is 5.05. The number of aromatic nitrogens is 2. The van der Waals surface area contributed by atoms with Gasteiger partial charge in [-0.15, -0.1) is 0 Å². The summed E-state index contributed by atoms with van der Waals surface area (Å²) in [7, 11) is 1.89. The minimum absolute atomic E-state index is 0.0749. The highest BCUT2D eigenvalue weighted by Gasteiger charge is 2.13. The first-order valence-corrected chi connectivity index (χ1v) is 6.58. The van der Waals surface area contributed by atoms with Crippen molar-refractivity contribution < 1.29 is 10.0 Å². The first-order valence-electron chi connectivity index (χ1n) is 6.58. The van der Waals surface area contributed by atoms with Crippen LogP contribution in [-0.2, 0) is 6.54 Å². The predicted octanol–water partition coefficient (Wildman–Crippen LogP) is 1.60. The Morgan fingerprint density at radius 2 is 2.10 bits per heavy atom. The molecule has 7 heteroatoms. The van der Waals surface area contributed by atoms with Crippen LogP contribution in [0.3, 0.4) is 0 Å². The van der Waals surface area contributed by atoms with Crippen LogP contribution in [0.4, 0.5) is 11.4 Å². The fourth-order valence-electron chi connectivity index (χ4n) is 2.04. The Balaban J connectivity index is 1.92. The number of nitro groups is 1. The highest BCUT2D eigenvalue weighted by Crippen LogP contribution is 2.14. The highest BCUT2D eigenvalue weighted by atomic mass is 16.6. The zero-order valence-electron chi connectivity index (χ0n) is 12.0. The molecule has 2 aromatic rings. The zero-order chi connectivity index (χ0) is 15.4. The van der Waals surface area contributed by atoms with Crippen LogP contribution in [0, 0.1) is 17.0 Å². The standard InChI is InChI=1S/C14H18N4O3/c1-11-3-5-12(6-4-11)16(2)9-14(19)10-17-8-13(7-15-17)18(20)21/h3-8,14,19H,9-10H2,1-2H3. The molecule has 2 rings (SSSR count). The van der Waals surface area contributed by atoms with Gasteiger partial charge in [0, 0.05) is 19.3 Å². The summed E-state index contributed by atoms with van der Waals surface area (Å²) < 4.78 is 1.38. The third-order valence-corrected chi connectivity index (χ3v) is 3.19. The fraction of sp³-hybridized carbons (Fsp3) is 0.357. The molecular weight excluding hydrogens is 272 g/mol. The lowest BCUT2D eigenvalue weighted by Crippen LogP contribution is -2.32. The van der Waals surface area contributed by atoms with E-state index < -0.39 is 11.0 Å². The molecule has 0 fully saturated rings. The van der Waals surface area contributed by atoms with Crippen LogP contribution < -0.4 is 4.90 Å². The van der Waals surface area contributed by atoms with Gasteiger partial charge in [0.25, 0.3) is 0 Å². The number of nitrogens with zero attached hydrogens (tertiary/aromatic N) is 4. The molecule has 1 unspecified atom stereocenters. The van der Waals surface area contributed by atoms with Crippen molar-refractivity contribution in [3.8, 4) is 0 Å². The molecule has 1 aromatic carbocycles. The smallest absolute Gasteiger partial charge is 0.306 e. The summed E-state index contributed by atoms with van der Waals surface area (Å²) in [5, 5.41) is 24.5. The maximum atomic E-state index is 10.6. The van der Waals surface area contributed by atoms with Crippen molar-refractivity contribution in [3.05, 3.63) is 52.3 Å². The second kappa shape index (κ2) is 6.36. The molecule has 0 spiro atoms. The summed E-state index contributed by atoms with van der Waals surface area (Å²) in [4.78, 5) is 12.0. The topological polar surface area (TPSA) is 84.4 Å². The molecule has 7 nitrogen and oxygen atoms in total. The van der Waals surface area contributed by atoms with Gasteiger partial charge in [0.2, 0.25) is 0 Å². The summed E-state index contributed by atoms with van der Waals surface area (Å²) in [6.45, 7) is 2.64. The Hall–Kier alpha value is -2.41. The van der Waals surface area contributed by atoms with E-state index in [0.29, 0.717) is 6.54 Å². The van der Waals surface area contributed by atoms with Crippen LogP contribution in [-0.4, -0.2) is 39.5 Å². The summed E-state index contributed by atoms with van der Waals surface area (Å²) in [5.41, 5.74) is 2.11. The molecule has 0 aliphatic rings. The molecule has 0 aliphatic carbocycles. The molecule has 21 heavy (non-hydrogen) atoms. The number of aliphatic hydroxyl groups is 1. The Labute approximate surface area is 122 Å². The maximum Gasteiger partial charge on any atom is 0.306 e. The molecule has 0 bridgehead atoms. The number of rotatable bonds is 6. The van der Waals surface area contributed by atoms with Crippen LogP contribution in [0.2, 0.25) is 0 Å². The van der Waals surface area contributed by atoms with E-state index in [1.165, 1.54) is 22.6 Å². The van der Waals surface area contributed by atoms with E-state index in [2.05, 4.69) is 5.10 Å². The van der Waals surface area contributed by atoms with Crippen molar-refractivity contribution in [1.82, 2.24) is 9.78 Å². The lowest BCUT2D eigenvalue weighted by molar-refractivity contribution is -0.385. The van der Waals surface area contributed by atoms with E-state index in [-0.39, 0.29) is 12.2 Å². The molecule has 112 valence electrons. The number of hydrogen-bond acceptors (Lipinski definition) is 5. The first kappa shape index (κ1) is 15.0. The quantitative estimate of drug-likeness (QED) is 0.645. The van der Waals surface area contributed by atoms with Gasteiger partial charge in [-0.2, -0.15) is 5.10 Å². The van der Waals surface area contributed by atoms with E-state index >= 15 is 0 Å². The lowest BCUT2D eigenvalue weighted by atomic mass is 10.2. The van der Waals surface area contributed by atoms with Crippen LogP contribution in [0.5, 0.6) is 0 Å². The molecule has 0 aliphatic heterocycles. The van der Waals surface area contributed by atoms with Crippen molar-refractivity contribution >= 4 is 11.4 Å². The number of hydrogen-bond donors (Lipinski definition) is 1. The average molecular weight is 290 g/mol. The molecule has 1 atom stereocenters. The van der Waals surface area contributed by atoms with Gasteiger partial charge in [-0.05, 0) is 19.1 Å². The van der Waals surface area contributed by atoms with E-state index in [1.54, 1.807) is 0 Å². The molecule has 0 radical (unpaired) electrons. The Morgan fingerprint density at radius 1 is 1.43 bits per heavy atom. The van der Waals surface area contributed by atoms with Crippen LogP contribution in [0.1, 0.15) is 5.56 Å². The van der Waals surface area contributed by atoms with Gasteiger partial charge in [-0.1, -0.05) is 17.7 Å². The molecule has 1 aromatic heterocycles. The lowest BCUT2D eigenvalue weighted by Gasteiger charge is -2.22. The summed E-state index contributed by atoms with van der Waals surface area (Å²) >= 11 is 0. The molecule has 1 heterocycles. The van der Waals surface area contributed by atoms with Gasteiger partial charge >= 0.3 is 5.69 Å². The van der Waals surface area contributed by atoms with Gasteiger partial charge in [0.1, 0.15) is 12.4 Å². The molecular formula is C14H18N4O3. The second-order valence-corrected chi connectivity index (χ2v) is 5.05. The highest BCUT2D eigenvalue weighted by molar-refractivity contribution is 5.46. The van der Waals surface area contributed by atoms with Crippen molar-refractivity contribution in [2.45, 2.75) is 19.6 Å². The normalized spacial score (nSPS) is 12.1. The van der Waals surface area contributed by atoms with Gasteiger partial charge in [0.15, 0.2) is 0 Å². The molecule has 0 saturated heterocycles. The van der Waals surface area contributed by atoms with Crippen LogP contribution in [0.15, 0.2) is 36.7 Å². The van der Waals surface area contributed by atoms with Gasteiger partial charge < -0.3 is 10.0 Å². The summed E-state index contributed by atoms with van der Waals surface area (Å²) in [5.74, 6) is 0. The fourth-order valence-corrected chi connectivity index (χ4v) is 2.04. The van der Waals surface area contributed by atoms with E-state index in [4.69, 9.17) is 0 Å². The third-order valence-electron chi connectivity index (χ3n) is 3.19. The zero-order valence-corrected chi connectivity index (χ0v) is 12.0. The Kier molecular flexibility index (Phi) is 4.54. The maximum absolute atomic E-state index is 10.6. The number of aliphatic hydroxyl groups excluding tert-OH is 1. The van der Waals surface area contributed by atoms with Crippen molar-refractivity contribution in [2.24, 2.45) is 0 Å². The van der Waals surface area contributed by atoms with E-state index in [9.17, 15) is 15.2 Å². The van der Waals surface area contributed by atoms with Crippen molar-refractivity contribution in [1.29, 1.82) is 0 Å². The minimum atomic E-state index is -0.671. The van der Waals surface area contributed by atoms with Crippen LogP contribution in [0.25, 0.3) is 0 Å². The number of benzene rings is 1. The Morgan fingerprint density at radius 3 is 2.67 bits per heavy atom. The molecule has 1 N–H and O–H groups in total. The van der Waals surface area contributed by atoms with E-state index in [1.807, 2.05) is 43.1 Å². The number of aryl methyl sites for hydroxylation is 1. The molecule has 0 saturated carbocycles. The monoisotopic (exact) mass is 290 g/mol. The molecule has 0 amide bonds. The van der Waals surface area contributed by atoms with Crippen molar-refractivity contribution in [2.75, 3.05) is 18.5 Å². The first-order chi connectivity index (χ1) is 9.95. The predicted molar refractivity (Wildman–Crippen MR) is 79.3 cm³/mol. The number of anilines is 1. The van der Waals surface area contributed by atoms with Crippen molar-refractivity contribution in [3.63, 3.8) is 0 Å². The average Bonchev–Trinajstić information content (AvgIpc) is 2.87. The minimum Gasteiger partial charge on any atom is -0.389 e.